The van der Waals surface area contributed by atoms with Gasteiger partial charge in [-0.1, -0.05) is 12.5 Å². The minimum atomic E-state index is -0.432. The van der Waals surface area contributed by atoms with Crippen LogP contribution < -0.4 is 5.32 Å². The van der Waals surface area contributed by atoms with Gasteiger partial charge in [-0.15, -0.1) is 0 Å². The Hall–Kier alpha value is -1.50. The molecule has 2 heterocycles. The molecule has 2 aliphatic rings. The second kappa shape index (κ2) is 7.59. The Morgan fingerprint density at radius 3 is 3.04 bits per heavy atom. The zero-order valence-corrected chi connectivity index (χ0v) is 14.6. The van der Waals surface area contributed by atoms with Crippen molar-refractivity contribution in [3.05, 3.63) is 29.6 Å². The van der Waals surface area contributed by atoms with E-state index < -0.39 is 6.10 Å². The van der Waals surface area contributed by atoms with Crippen molar-refractivity contribution in [2.45, 2.75) is 50.9 Å². The summed E-state index contributed by atoms with van der Waals surface area (Å²) in [4.78, 5) is 20.5. The summed E-state index contributed by atoms with van der Waals surface area (Å²) >= 11 is 0. The van der Waals surface area contributed by atoms with Crippen LogP contribution in [0.5, 0.6) is 0 Å². The first-order valence-corrected chi connectivity index (χ1v) is 8.86. The van der Waals surface area contributed by atoms with Gasteiger partial charge in [0.2, 0.25) is 5.91 Å². The van der Waals surface area contributed by atoms with Crippen molar-refractivity contribution in [3.63, 3.8) is 0 Å². The van der Waals surface area contributed by atoms with Gasteiger partial charge in [-0.05, 0) is 38.4 Å². The highest BCUT2D eigenvalue weighted by Gasteiger charge is 2.38. The summed E-state index contributed by atoms with van der Waals surface area (Å²) in [7, 11) is 2.06. The van der Waals surface area contributed by atoms with Crippen LogP contribution in [0.25, 0.3) is 0 Å². The molecule has 1 aliphatic heterocycles. The molecule has 6 heteroatoms. The van der Waals surface area contributed by atoms with Crippen LogP contribution in [0, 0.1) is 6.92 Å². The number of likely N-dealkylation sites (N-methyl/N-ethyl adjacent to an activating group) is 1. The monoisotopic (exact) mass is 332 g/mol. The number of aliphatic hydroxyl groups is 1. The number of nitrogens with one attached hydrogen (secondary N) is 1. The van der Waals surface area contributed by atoms with Gasteiger partial charge in [0.05, 0.1) is 18.3 Å². The third-order valence-corrected chi connectivity index (χ3v) is 5.41. The molecule has 6 nitrogen and oxygen atoms in total. The smallest absolute Gasteiger partial charge is 0.234 e. The van der Waals surface area contributed by atoms with E-state index in [9.17, 15) is 9.90 Å². The summed E-state index contributed by atoms with van der Waals surface area (Å²) in [5.74, 6) is 0.0630. The van der Waals surface area contributed by atoms with Gasteiger partial charge in [0.1, 0.15) is 0 Å². The zero-order chi connectivity index (χ0) is 17.1. The number of carbonyl (C=O) groups excluding carboxylic acids is 1. The van der Waals surface area contributed by atoms with Gasteiger partial charge in [-0.25, -0.2) is 0 Å². The second-order valence-corrected chi connectivity index (χ2v) is 7.06. The summed E-state index contributed by atoms with van der Waals surface area (Å²) in [5, 5.41) is 13.8. The number of carbonyl (C=O) groups is 1. The van der Waals surface area contributed by atoms with E-state index in [1.807, 2.05) is 12.3 Å². The van der Waals surface area contributed by atoms with Crippen molar-refractivity contribution in [3.8, 4) is 0 Å². The molecule has 3 rings (SSSR count). The molecule has 1 aliphatic carbocycles. The van der Waals surface area contributed by atoms with Crippen molar-refractivity contribution in [2.24, 2.45) is 0 Å². The third-order valence-electron chi connectivity index (χ3n) is 5.41. The summed E-state index contributed by atoms with van der Waals surface area (Å²) < 4.78 is 0. The SMILES string of the molecule is Cc1cccnc1CN(C)[C@H]1CCC[C@H](N2CCNC(=O)C2)[C@H]1O. The van der Waals surface area contributed by atoms with Gasteiger partial charge in [0.25, 0.3) is 0 Å². The lowest BCUT2D eigenvalue weighted by atomic mass is 9.86. The minimum absolute atomic E-state index is 0.0630. The second-order valence-electron chi connectivity index (χ2n) is 7.06. The highest BCUT2D eigenvalue weighted by molar-refractivity contribution is 5.78. The Morgan fingerprint density at radius 2 is 2.29 bits per heavy atom. The minimum Gasteiger partial charge on any atom is -0.390 e. The molecule has 1 amide bonds. The quantitative estimate of drug-likeness (QED) is 0.842. The number of aliphatic hydroxyl groups excluding tert-OH is 1. The first-order valence-electron chi connectivity index (χ1n) is 8.86. The highest BCUT2D eigenvalue weighted by atomic mass is 16.3. The van der Waals surface area contributed by atoms with Gasteiger partial charge in [0.15, 0.2) is 0 Å². The van der Waals surface area contributed by atoms with Crippen LogP contribution in [0.1, 0.15) is 30.5 Å². The van der Waals surface area contributed by atoms with E-state index in [1.165, 1.54) is 5.56 Å². The molecule has 1 saturated heterocycles. The molecule has 1 aromatic heterocycles. The third kappa shape index (κ3) is 3.77. The molecule has 1 saturated carbocycles. The van der Waals surface area contributed by atoms with E-state index in [-0.39, 0.29) is 18.0 Å². The van der Waals surface area contributed by atoms with Crippen LogP contribution in [0.3, 0.4) is 0 Å². The molecule has 24 heavy (non-hydrogen) atoms. The molecule has 0 unspecified atom stereocenters. The maximum Gasteiger partial charge on any atom is 0.234 e. The average Bonchev–Trinajstić information content (AvgIpc) is 2.57. The van der Waals surface area contributed by atoms with Crippen LogP contribution in [0.4, 0.5) is 0 Å². The Bertz CT molecular complexity index is 580. The fourth-order valence-electron chi connectivity index (χ4n) is 3.99. The Kier molecular flexibility index (Phi) is 5.48. The Morgan fingerprint density at radius 1 is 1.46 bits per heavy atom. The van der Waals surface area contributed by atoms with E-state index in [2.05, 4.69) is 40.1 Å². The lowest BCUT2D eigenvalue weighted by Gasteiger charge is -2.45. The highest BCUT2D eigenvalue weighted by Crippen LogP contribution is 2.28. The van der Waals surface area contributed by atoms with Gasteiger partial charge in [-0.2, -0.15) is 0 Å². The van der Waals surface area contributed by atoms with Crippen molar-refractivity contribution < 1.29 is 9.90 Å². The van der Waals surface area contributed by atoms with Gasteiger partial charge in [0, 0.05) is 37.9 Å². The van der Waals surface area contributed by atoms with Crippen molar-refractivity contribution >= 4 is 5.91 Å². The van der Waals surface area contributed by atoms with Crippen LogP contribution in [0.15, 0.2) is 18.3 Å². The van der Waals surface area contributed by atoms with Gasteiger partial charge < -0.3 is 10.4 Å². The lowest BCUT2D eigenvalue weighted by molar-refractivity contribution is -0.127. The molecule has 3 atom stereocenters. The van der Waals surface area contributed by atoms with Crippen LogP contribution >= 0.6 is 0 Å². The van der Waals surface area contributed by atoms with E-state index >= 15 is 0 Å². The number of hydrogen-bond acceptors (Lipinski definition) is 5. The molecule has 1 aromatic rings. The molecule has 0 aromatic carbocycles. The molecule has 2 fully saturated rings. The van der Waals surface area contributed by atoms with Crippen molar-refractivity contribution in [1.29, 1.82) is 0 Å². The van der Waals surface area contributed by atoms with Crippen molar-refractivity contribution in [2.75, 3.05) is 26.7 Å². The molecule has 132 valence electrons. The first-order chi connectivity index (χ1) is 11.6. The Balaban J connectivity index is 1.66. The number of amides is 1. The fraction of sp³-hybridized carbons (Fsp3) is 0.667. The number of aromatic nitrogens is 1. The number of hydrogen-bond donors (Lipinski definition) is 2. The number of piperazine rings is 1. The van der Waals surface area contributed by atoms with Gasteiger partial charge >= 0.3 is 0 Å². The Labute approximate surface area is 143 Å². The largest absolute Gasteiger partial charge is 0.390 e. The normalized spacial score (nSPS) is 28.8. The zero-order valence-electron chi connectivity index (χ0n) is 14.6. The summed E-state index contributed by atoms with van der Waals surface area (Å²) in [6, 6.07) is 4.20. The molecule has 0 radical (unpaired) electrons. The topological polar surface area (TPSA) is 68.7 Å². The lowest BCUT2D eigenvalue weighted by Crippen LogP contribution is -2.60. The standard InChI is InChI=1S/C18H28N4O2/c1-13-5-4-8-19-14(13)11-21(2)15-6-3-7-16(18(15)24)22-10-9-20-17(23)12-22/h4-5,8,15-16,18,24H,3,6-7,9-12H2,1-2H3,(H,20,23)/t15-,16-,18-/m0/s1. The van der Waals surface area contributed by atoms with E-state index in [4.69, 9.17) is 0 Å². The molecular formula is C18H28N4O2. The van der Waals surface area contributed by atoms with E-state index in [0.717, 1.165) is 38.0 Å². The maximum atomic E-state index is 11.7. The number of nitrogens with zero attached hydrogens (tertiary/aromatic N) is 3. The van der Waals surface area contributed by atoms with E-state index in [1.54, 1.807) is 0 Å². The van der Waals surface area contributed by atoms with Gasteiger partial charge in [-0.3, -0.25) is 19.6 Å². The molecule has 0 spiro atoms. The summed E-state index contributed by atoms with van der Waals surface area (Å²) in [6.45, 7) is 4.71. The average molecular weight is 332 g/mol. The van der Waals surface area contributed by atoms with Crippen LogP contribution in [0.2, 0.25) is 0 Å². The van der Waals surface area contributed by atoms with E-state index in [0.29, 0.717) is 13.1 Å². The molecule has 0 bridgehead atoms. The summed E-state index contributed by atoms with van der Waals surface area (Å²) in [5.41, 5.74) is 2.24. The van der Waals surface area contributed by atoms with Crippen molar-refractivity contribution in [1.82, 2.24) is 20.1 Å². The first kappa shape index (κ1) is 17.3. The molecule has 2 N–H and O–H groups in total. The fourth-order valence-corrected chi connectivity index (χ4v) is 3.99. The number of pyridine rings is 1. The number of aryl methyl sites for hydroxylation is 1. The van der Waals surface area contributed by atoms with Crippen LogP contribution in [-0.2, 0) is 11.3 Å². The molecular weight excluding hydrogens is 304 g/mol. The summed E-state index contributed by atoms with van der Waals surface area (Å²) in [6.07, 6.45) is 4.42. The van der Waals surface area contributed by atoms with Crippen LogP contribution in [-0.4, -0.2) is 70.7 Å². The predicted molar refractivity (Wildman–Crippen MR) is 92.5 cm³/mol. The predicted octanol–water partition coefficient (Wildman–Crippen LogP) is 0.536. The maximum absolute atomic E-state index is 11.7. The number of rotatable bonds is 4.